The monoisotopic (exact) mass is 272 g/mol. The second-order valence-corrected chi connectivity index (χ2v) is 5.67. The molecule has 2 amide bonds. The summed E-state index contributed by atoms with van der Waals surface area (Å²) in [5.74, 6) is -1.15. The number of carboxylic acids is 1. The average Bonchev–Trinajstić information content (AvgIpc) is 2.33. The number of hydrogen-bond donors (Lipinski definition) is 3. The molecule has 0 bridgehead atoms. The van der Waals surface area contributed by atoms with Crippen molar-refractivity contribution in [3.63, 3.8) is 0 Å². The zero-order chi connectivity index (χ0) is 14.6. The number of carbonyl (C=O) groups is 2. The van der Waals surface area contributed by atoms with Gasteiger partial charge in [0.2, 0.25) is 0 Å². The van der Waals surface area contributed by atoms with Crippen LogP contribution in [-0.2, 0) is 4.79 Å². The Morgan fingerprint density at radius 1 is 1.47 bits per heavy atom. The number of amides is 2. The van der Waals surface area contributed by atoms with Crippen LogP contribution in [0.25, 0.3) is 0 Å². The van der Waals surface area contributed by atoms with Gasteiger partial charge in [0.05, 0.1) is 12.1 Å². The minimum atomic E-state index is -1.02. The molecule has 6 heteroatoms. The number of rotatable bonds is 4. The number of nitrogens with zero attached hydrogens (tertiary/aromatic N) is 1. The third kappa shape index (κ3) is 4.38. The molecule has 1 fully saturated rings. The summed E-state index contributed by atoms with van der Waals surface area (Å²) in [5.41, 5.74) is -0.884. The third-order valence-electron chi connectivity index (χ3n) is 3.72. The highest BCUT2D eigenvalue weighted by atomic mass is 16.4. The van der Waals surface area contributed by atoms with Crippen molar-refractivity contribution in [3.8, 4) is 0 Å². The predicted octanol–water partition coefficient (Wildman–Crippen LogP) is 1.04. The fourth-order valence-corrected chi connectivity index (χ4v) is 2.30. The van der Waals surface area contributed by atoms with Crippen molar-refractivity contribution in [2.24, 2.45) is 5.92 Å². The van der Waals surface area contributed by atoms with Crippen LogP contribution >= 0.6 is 0 Å². The molecule has 1 heterocycles. The Morgan fingerprint density at radius 3 is 2.58 bits per heavy atom. The molecule has 0 aliphatic carbocycles. The van der Waals surface area contributed by atoms with Gasteiger partial charge in [-0.1, -0.05) is 20.3 Å². The first kappa shape index (κ1) is 15.8. The van der Waals surface area contributed by atoms with Gasteiger partial charge >= 0.3 is 12.0 Å². The minimum absolute atomic E-state index is 0.133. The van der Waals surface area contributed by atoms with Gasteiger partial charge in [0.15, 0.2) is 0 Å². The van der Waals surface area contributed by atoms with E-state index in [2.05, 4.69) is 5.32 Å². The molecule has 0 radical (unpaired) electrons. The van der Waals surface area contributed by atoms with E-state index in [4.69, 9.17) is 5.11 Å². The molecule has 0 saturated carbocycles. The lowest BCUT2D eigenvalue weighted by atomic mass is 9.95. The Morgan fingerprint density at radius 2 is 2.11 bits per heavy atom. The van der Waals surface area contributed by atoms with Gasteiger partial charge in [-0.3, -0.25) is 0 Å². The first-order valence-corrected chi connectivity index (χ1v) is 6.77. The number of aliphatic hydroxyl groups is 1. The van der Waals surface area contributed by atoms with Gasteiger partial charge in [-0.05, 0) is 25.7 Å². The second kappa shape index (κ2) is 6.23. The molecule has 3 N–H and O–H groups in total. The van der Waals surface area contributed by atoms with Crippen molar-refractivity contribution in [2.45, 2.75) is 51.7 Å². The van der Waals surface area contributed by atoms with Crippen molar-refractivity contribution in [3.05, 3.63) is 0 Å². The number of piperidine rings is 1. The molecule has 0 spiro atoms. The number of nitrogens with one attached hydrogen (secondary N) is 1. The standard InChI is InChI=1S/C13H24N2O4/c1-4-9(2)10(11(16)17)14-12(18)15-7-5-6-13(3,19)8-15/h9-10,19H,4-8H2,1-3H3,(H,14,18)(H,16,17)/t9-,10-,13?/m0/s1. The molecule has 1 aliphatic rings. The van der Waals surface area contributed by atoms with E-state index in [1.165, 1.54) is 4.90 Å². The van der Waals surface area contributed by atoms with Crippen LogP contribution in [0.3, 0.4) is 0 Å². The molecule has 1 saturated heterocycles. The lowest BCUT2D eigenvalue weighted by molar-refractivity contribution is -0.140. The Hall–Kier alpha value is -1.30. The van der Waals surface area contributed by atoms with Crippen molar-refractivity contribution < 1.29 is 19.8 Å². The lowest BCUT2D eigenvalue weighted by Crippen LogP contribution is -2.55. The Kier molecular flexibility index (Phi) is 5.17. The van der Waals surface area contributed by atoms with Crippen LogP contribution in [0.15, 0.2) is 0 Å². The van der Waals surface area contributed by atoms with E-state index < -0.39 is 23.6 Å². The van der Waals surface area contributed by atoms with E-state index in [-0.39, 0.29) is 12.5 Å². The molecule has 6 nitrogen and oxygen atoms in total. The topological polar surface area (TPSA) is 89.9 Å². The smallest absolute Gasteiger partial charge is 0.326 e. The quantitative estimate of drug-likeness (QED) is 0.713. The number of aliphatic carboxylic acids is 1. The fraction of sp³-hybridized carbons (Fsp3) is 0.846. The molecular weight excluding hydrogens is 248 g/mol. The number of carboxylic acid groups (broad SMARTS) is 1. The van der Waals surface area contributed by atoms with Crippen LogP contribution < -0.4 is 5.32 Å². The molecule has 0 aromatic rings. The van der Waals surface area contributed by atoms with Crippen LogP contribution in [-0.4, -0.2) is 51.8 Å². The van der Waals surface area contributed by atoms with Crippen LogP contribution in [0.1, 0.15) is 40.0 Å². The van der Waals surface area contributed by atoms with E-state index in [9.17, 15) is 14.7 Å². The van der Waals surface area contributed by atoms with Crippen molar-refractivity contribution in [2.75, 3.05) is 13.1 Å². The fourth-order valence-electron chi connectivity index (χ4n) is 2.30. The lowest BCUT2D eigenvalue weighted by Gasteiger charge is -2.37. The Labute approximate surface area is 113 Å². The molecule has 1 unspecified atom stereocenters. The molecule has 1 aliphatic heterocycles. The van der Waals surface area contributed by atoms with Gasteiger partial charge in [-0.2, -0.15) is 0 Å². The Bertz CT molecular complexity index is 344. The van der Waals surface area contributed by atoms with E-state index >= 15 is 0 Å². The van der Waals surface area contributed by atoms with E-state index in [1.807, 2.05) is 6.92 Å². The maximum absolute atomic E-state index is 12.1. The number of likely N-dealkylation sites (tertiary alicyclic amines) is 1. The summed E-state index contributed by atoms with van der Waals surface area (Å²) in [6.45, 7) is 6.17. The largest absolute Gasteiger partial charge is 0.480 e. The summed E-state index contributed by atoms with van der Waals surface area (Å²) in [6.07, 6.45) is 2.06. The van der Waals surface area contributed by atoms with E-state index in [0.29, 0.717) is 19.4 Å². The molecule has 110 valence electrons. The summed E-state index contributed by atoms with van der Waals surface area (Å²) in [4.78, 5) is 24.7. The van der Waals surface area contributed by atoms with E-state index in [1.54, 1.807) is 13.8 Å². The number of urea groups is 1. The highest BCUT2D eigenvalue weighted by Crippen LogP contribution is 2.20. The average molecular weight is 272 g/mol. The summed E-state index contributed by atoms with van der Waals surface area (Å²) in [5, 5.41) is 21.6. The first-order valence-electron chi connectivity index (χ1n) is 6.77. The Balaban J connectivity index is 2.64. The zero-order valence-corrected chi connectivity index (χ0v) is 11.8. The number of carbonyl (C=O) groups excluding carboxylic acids is 1. The van der Waals surface area contributed by atoms with E-state index in [0.717, 1.165) is 6.42 Å². The normalized spacial score (nSPS) is 26.6. The third-order valence-corrected chi connectivity index (χ3v) is 3.72. The highest BCUT2D eigenvalue weighted by Gasteiger charge is 2.33. The first-order chi connectivity index (χ1) is 8.76. The second-order valence-electron chi connectivity index (χ2n) is 5.67. The summed E-state index contributed by atoms with van der Waals surface area (Å²) < 4.78 is 0. The van der Waals surface area contributed by atoms with Crippen LogP contribution in [0.2, 0.25) is 0 Å². The van der Waals surface area contributed by atoms with Gasteiger partial charge in [0.25, 0.3) is 0 Å². The highest BCUT2D eigenvalue weighted by molar-refractivity contribution is 5.82. The van der Waals surface area contributed by atoms with Crippen molar-refractivity contribution in [1.82, 2.24) is 10.2 Å². The van der Waals surface area contributed by atoms with Gasteiger partial charge in [-0.15, -0.1) is 0 Å². The number of hydrogen-bond acceptors (Lipinski definition) is 3. The molecule has 0 aromatic heterocycles. The maximum atomic E-state index is 12.1. The van der Waals surface area contributed by atoms with Gasteiger partial charge < -0.3 is 20.4 Å². The van der Waals surface area contributed by atoms with Crippen LogP contribution in [0.5, 0.6) is 0 Å². The van der Waals surface area contributed by atoms with Gasteiger partial charge in [0, 0.05) is 6.54 Å². The summed E-state index contributed by atoms with van der Waals surface area (Å²) >= 11 is 0. The summed E-state index contributed by atoms with van der Waals surface area (Å²) in [6, 6.07) is -1.29. The maximum Gasteiger partial charge on any atom is 0.326 e. The SMILES string of the molecule is CC[C@H](C)[C@H](NC(=O)N1CCCC(C)(O)C1)C(=O)O. The van der Waals surface area contributed by atoms with Crippen molar-refractivity contribution in [1.29, 1.82) is 0 Å². The summed E-state index contributed by atoms with van der Waals surface area (Å²) in [7, 11) is 0. The van der Waals surface area contributed by atoms with Crippen LogP contribution in [0.4, 0.5) is 4.79 Å². The molecule has 19 heavy (non-hydrogen) atoms. The molecule has 3 atom stereocenters. The zero-order valence-electron chi connectivity index (χ0n) is 11.8. The van der Waals surface area contributed by atoms with Gasteiger partial charge in [0.1, 0.15) is 6.04 Å². The predicted molar refractivity (Wildman–Crippen MR) is 70.8 cm³/mol. The van der Waals surface area contributed by atoms with Crippen molar-refractivity contribution >= 4 is 12.0 Å². The van der Waals surface area contributed by atoms with Crippen LogP contribution in [0, 0.1) is 5.92 Å². The number of β-amino-alcohol motifs (C(OH)–C–C–N with tert-alkyl or cyclic N) is 1. The molecule has 1 rings (SSSR count). The van der Waals surface area contributed by atoms with Gasteiger partial charge in [-0.25, -0.2) is 9.59 Å². The minimum Gasteiger partial charge on any atom is -0.480 e. The molecular formula is C13H24N2O4. The molecule has 0 aromatic carbocycles.